The second kappa shape index (κ2) is 11.0. The van der Waals surface area contributed by atoms with Gasteiger partial charge in [0.05, 0.1) is 17.5 Å². The van der Waals surface area contributed by atoms with Gasteiger partial charge in [-0.15, -0.1) is 11.3 Å². The maximum atomic E-state index is 13.0. The summed E-state index contributed by atoms with van der Waals surface area (Å²) in [5, 5.41) is 11.4. The van der Waals surface area contributed by atoms with Gasteiger partial charge in [0.15, 0.2) is 0 Å². The lowest BCUT2D eigenvalue weighted by atomic mass is 9.83. The van der Waals surface area contributed by atoms with E-state index in [1.54, 1.807) is 36.4 Å². The Morgan fingerprint density at radius 3 is 2.61 bits per heavy atom. The van der Waals surface area contributed by atoms with Crippen LogP contribution in [0.1, 0.15) is 46.5 Å². The van der Waals surface area contributed by atoms with E-state index in [0.29, 0.717) is 28.0 Å². The molecule has 0 bridgehead atoms. The van der Waals surface area contributed by atoms with Crippen LogP contribution in [0.25, 0.3) is 10.1 Å². The smallest absolute Gasteiger partial charge is 0.355 e. The van der Waals surface area contributed by atoms with Crippen LogP contribution in [0.4, 0.5) is 0 Å². The van der Waals surface area contributed by atoms with Crippen LogP contribution in [0.2, 0.25) is 10.0 Å². The van der Waals surface area contributed by atoms with E-state index >= 15 is 0 Å². The van der Waals surface area contributed by atoms with Gasteiger partial charge >= 0.3 is 5.97 Å². The average Bonchev–Trinajstić information content (AvgIpc) is 3.23. The molecule has 38 heavy (non-hydrogen) atoms. The third-order valence-electron chi connectivity index (χ3n) is 6.16. The molecule has 3 aromatic carbocycles. The number of carbonyl (C=O) groups excluding carboxylic acids is 1. The largest absolute Gasteiger partial charge is 0.494 e. The van der Waals surface area contributed by atoms with E-state index in [-0.39, 0.29) is 16.5 Å². The second-order valence-electron chi connectivity index (χ2n) is 8.67. The number of hydrogen-bond acceptors (Lipinski definition) is 7. The number of unbranched alkanes of at least 4 members (excludes halogenated alkanes) is 1. The van der Waals surface area contributed by atoms with E-state index in [1.807, 2.05) is 24.3 Å². The monoisotopic (exact) mass is 564 g/mol. The molecule has 1 aliphatic heterocycles. The van der Waals surface area contributed by atoms with Crippen molar-refractivity contribution in [1.82, 2.24) is 0 Å². The molecule has 9 heteroatoms. The van der Waals surface area contributed by atoms with Crippen molar-refractivity contribution in [2.75, 3.05) is 6.61 Å². The van der Waals surface area contributed by atoms with E-state index < -0.39 is 11.9 Å². The van der Waals surface area contributed by atoms with Crippen molar-refractivity contribution in [2.45, 2.75) is 25.7 Å². The number of nitrogens with two attached hydrogens (primary N) is 1. The second-order valence-corrected chi connectivity index (χ2v) is 10.5. The molecular weight excluding hydrogens is 543 g/mol. The number of nitriles is 1. The average molecular weight is 565 g/mol. The minimum absolute atomic E-state index is 0.00109. The minimum atomic E-state index is -0.598. The summed E-state index contributed by atoms with van der Waals surface area (Å²) in [5.74, 6) is 0.372. The quantitative estimate of drug-likeness (QED) is 0.139. The van der Waals surface area contributed by atoms with Gasteiger partial charge in [-0.1, -0.05) is 60.8 Å². The number of allylic oxidation sites excluding steroid dienone is 1. The van der Waals surface area contributed by atoms with Gasteiger partial charge < -0.3 is 19.9 Å². The Hall–Kier alpha value is -3.70. The first-order valence-corrected chi connectivity index (χ1v) is 13.5. The SMILES string of the molecule is CCCCOc1ccc(C2C(C#N)=C(N)Oc3cc(OC(=O)c4sc5cc(Cl)ccc5c4Cl)ccc32)cc1. The zero-order chi connectivity index (χ0) is 26.8. The maximum absolute atomic E-state index is 13.0. The first kappa shape index (κ1) is 25.9. The van der Waals surface area contributed by atoms with Gasteiger partial charge in [0.1, 0.15) is 33.8 Å². The van der Waals surface area contributed by atoms with Crippen molar-refractivity contribution in [3.63, 3.8) is 0 Å². The lowest BCUT2D eigenvalue weighted by molar-refractivity contribution is 0.0740. The van der Waals surface area contributed by atoms with Crippen LogP contribution in [0.15, 0.2) is 72.1 Å². The van der Waals surface area contributed by atoms with Gasteiger partial charge in [-0.2, -0.15) is 5.26 Å². The molecule has 0 radical (unpaired) electrons. The van der Waals surface area contributed by atoms with Crippen LogP contribution in [-0.2, 0) is 0 Å². The Morgan fingerprint density at radius 2 is 1.87 bits per heavy atom. The highest BCUT2D eigenvalue weighted by Gasteiger charge is 2.31. The van der Waals surface area contributed by atoms with Crippen LogP contribution >= 0.6 is 34.5 Å². The number of nitrogens with zero attached hydrogens (tertiary/aromatic N) is 1. The number of rotatable bonds is 7. The molecule has 0 spiro atoms. The van der Waals surface area contributed by atoms with Crippen molar-refractivity contribution < 1.29 is 19.0 Å². The summed E-state index contributed by atoms with van der Waals surface area (Å²) in [6.45, 7) is 2.76. The first-order valence-electron chi connectivity index (χ1n) is 11.9. The molecule has 0 amide bonds. The Bertz CT molecular complexity index is 1610. The number of ether oxygens (including phenoxy) is 3. The fourth-order valence-corrected chi connectivity index (χ4v) is 5.92. The molecule has 2 N–H and O–H groups in total. The van der Waals surface area contributed by atoms with Gasteiger partial charge in [0.2, 0.25) is 5.88 Å². The number of fused-ring (bicyclic) bond motifs is 2. The van der Waals surface area contributed by atoms with E-state index in [1.165, 1.54) is 11.3 Å². The molecule has 1 aliphatic rings. The first-order chi connectivity index (χ1) is 18.4. The third-order valence-corrected chi connectivity index (χ3v) is 8.03. The standard InChI is InChI=1S/C29H22Cl2N2O4S/c1-2-3-12-35-18-7-4-16(5-8-18)25-20-11-9-19(14-23(20)37-28(33)22(25)15-32)36-29(34)27-26(31)21-10-6-17(30)13-24(21)38-27/h4-11,13-14,25H,2-3,12,33H2,1H3. The summed E-state index contributed by atoms with van der Waals surface area (Å²) in [7, 11) is 0. The molecule has 0 fully saturated rings. The maximum Gasteiger partial charge on any atom is 0.355 e. The molecule has 192 valence electrons. The number of benzene rings is 3. The van der Waals surface area contributed by atoms with E-state index in [9.17, 15) is 10.1 Å². The fourth-order valence-electron chi connectivity index (χ4n) is 4.26. The van der Waals surface area contributed by atoms with Gasteiger partial charge in [0.25, 0.3) is 0 Å². The van der Waals surface area contributed by atoms with Gasteiger partial charge in [-0.05, 0) is 42.3 Å². The molecule has 2 heterocycles. The molecular formula is C29H22Cl2N2O4S. The molecule has 0 saturated carbocycles. The van der Waals surface area contributed by atoms with Crippen LogP contribution in [-0.4, -0.2) is 12.6 Å². The number of carbonyl (C=O) groups is 1. The predicted octanol–water partition coefficient (Wildman–Crippen LogP) is 7.82. The molecule has 1 aromatic heterocycles. The Balaban J connectivity index is 1.42. The fraction of sp³-hybridized carbons (Fsp3) is 0.172. The summed E-state index contributed by atoms with van der Waals surface area (Å²) in [6.07, 6.45) is 2.03. The lowest BCUT2D eigenvalue weighted by Gasteiger charge is -2.26. The normalized spacial score (nSPS) is 14.5. The van der Waals surface area contributed by atoms with Crippen LogP contribution in [0.5, 0.6) is 17.2 Å². The Morgan fingerprint density at radius 1 is 1.11 bits per heavy atom. The number of esters is 1. The molecule has 4 aromatic rings. The predicted molar refractivity (Wildman–Crippen MR) is 149 cm³/mol. The van der Waals surface area contributed by atoms with Gasteiger partial charge in [-0.3, -0.25) is 0 Å². The van der Waals surface area contributed by atoms with E-state index in [0.717, 1.165) is 39.8 Å². The highest BCUT2D eigenvalue weighted by Crippen LogP contribution is 2.44. The minimum Gasteiger partial charge on any atom is -0.494 e. The Labute approximate surface area is 233 Å². The third kappa shape index (κ3) is 5.03. The molecule has 1 atom stereocenters. The summed E-state index contributed by atoms with van der Waals surface area (Å²) >= 11 is 13.7. The Kier molecular flexibility index (Phi) is 7.48. The van der Waals surface area contributed by atoms with Gasteiger partial charge in [0, 0.05) is 26.7 Å². The van der Waals surface area contributed by atoms with Gasteiger partial charge in [-0.25, -0.2) is 4.79 Å². The molecule has 6 nitrogen and oxygen atoms in total. The highest BCUT2D eigenvalue weighted by atomic mass is 35.5. The number of thiophene rings is 1. The van der Waals surface area contributed by atoms with Crippen molar-refractivity contribution in [1.29, 1.82) is 5.26 Å². The van der Waals surface area contributed by atoms with Crippen LogP contribution in [0.3, 0.4) is 0 Å². The summed E-state index contributed by atoms with van der Waals surface area (Å²) in [6, 6.07) is 20.0. The number of halogens is 2. The molecule has 5 rings (SSSR count). The van der Waals surface area contributed by atoms with Crippen molar-refractivity contribution in [3.05, 3.63) is 98.2 Å². The van der Waals surface area contributed by atoms with Crippen LogP contribution in [0, 0.1) is 11.3 Å². The van der Waals surface area contributed by atoms with Crippen molar-refractivity contribution in [2.24, 2.45) is 5.73 Å². The summed E-state index contributed by atoms with van der Waals surface area (Å²) in [5.41, 5.74) is 8.03. The molecule has 0 aliphatic carbocycles. The lowest BCUT2D eigenvalue weighted by Crippen LogP contribution is -2.21. The van der Waals surface area contributed by atoms with E-state index in [4.69, 9.17) is 43.1 Å². The summed E-state index contributed by atoms with van der Waals surface area (Å²) in [4.78, 5) is 13.2. The van der Waals surface area contributed by atoms with Crippen molar-refractivity contribution >= 4 is 50.6 Å². The van der Waals surface area contributed by atoms with E-state index in [2.05, 4.69) is 13.0 Å². The molecule has 1 unspecified atom stereocenters. The van der Waals surface area contributed by atoms with Crippen LogP contribution < -0.4 is 19.9 Å². The summed E-state index contributed by atoms with van der Waals surface area (Å²) < 4.78 is 18.0. The zero-order valence-corrected chi connectivity index (χ0v) is 22.6. The zero-order valence-electron chi connectivity index (χ0n) is 20.3. The van der Waals surface area contributed by atoms with Crippen molar-refractivity contribution in [3.8, 4) is 23.3 Å². The highest BCUT2D eigenvalue weighted by molar-refractivity contribution is 7.21. The number of hydrogen-bond donors (Lipinski definition) is 1. The topological polar surface area (TPSA) is 94.6 Å². The molecule has 0 saturated heterocycles.